The topological polar surface area (TPSA) is 100 Å². The molecule has 32 heavy (non-hydrogen) atoms. The van der Waals surface area contributed by atoms with E-state index in [4.69, 9.17) is 16.9 Å². The number of aryl methyl sites for hydroxylation is 1. The summed E-state index contributed by atoms with van der Waals surface area (Å²) in [5.74, 6) is -0.752. The molecule has 0 aliphatic rings. The van der Waals surface area contributed by atoms with Crippen LogP contribution in [0.4, 0.5) is 13.2 Å². The lowest BCUT2D eigenvalue weighted by molar-refractivity contribution is -0.0500. The predicted molar refractivity (Wildman–Crippen MR) is 112 cm³/mol. The highest BCUT2D eigenvalue weighted by molar-refractivity contribution is 7.88. The smallest absolute Gasteiger partial charge is 0.374 e. The minimum Gasteiger partial charge on any atom is -0.374 e. The van der Waals surface area contributed by atoms with Crippen LogP contribution in [0.1, 0.15) is 46.6 Å². The molecule has 3 rings (SSSR count). The second kappa shape index (κ2) is 7.83. The Morgan fingerprint density at radius 1 is 1.19 bits per heavy atom. The highest BCUT2D eigenvalue weighted by Crippen LogP contribution is 2.42. The quantitative estimate of drug-likeness (QED) is 0.298. The number of rotatable bonds is 5. The number of H-pyrrole nitrogens is 1. The number of benzene rings is 2. The maximum Gasteiger partial charge on any atom is 0.534 e. The molecule has 1 heterocycles. The third kappa shape index (κ3) is 3.94. The van der Waals surface area contributed by atoms with E-state index in [-0.39, 0.29) is 11.1 Å². The van der Waals surface area contributed by atoms with Gasteiger partial charge in [0.25, 0.3) is 0 Å². The van der Waals surface area contributed by atoms with Crippen LogP contribution in [-0.4, -0.2) is 25.2 Å². The molecule has 1 aromatic heterocycles. The van der Waals surface area contributed by atoms with Gasteiger partial charge in [-0.3, -0.25) is 4.79 Å². The average Bonchev–Trinajstić information content (AvgIpc) is 3.04. The Labute approximate surface area is 186 Å². The van der Waals surface area contributed by atoms with Crippen LogP contribution in [0.15, 0.2) is 30.3 Å². The summed E-state index contributed by atoms with van der Waals surface area (Å²) in [6.45, 7) is 5.21. The van der Waals surface area contributed by atoms with Crippen LogP contribution < -0.4 is 4.18 Å². The molecule has 0 aliphatic carbocycles. The Morgan fingerprint density at radius 2 is 1.84 bits per heavy atom. The number of alkyl halides is 3. The van der Waals surface area contributed by atoms with E-state index in [9.17, 15) is 26.4 Å². The molecule has 0 radical (unpaired) electrons. The van der Waals surface area contributed by atoms with E-state index < -0.39 is 31.8 Å². The van der Waals surface area contributed by atoms with Gasteiger partial charge in [0.05, 0.1) is 16.7 Å². The number of fused-ring (bicyclic) bond motifs is 1. The number of halogens is 4. The van der Waals surface area contributed by atoms with Crippen molar-refractivity contribution >= 4 is 38.9 Å². The molecule has 0 aliphatic heterocycles. The van der Waals surface area contributed by atoms with Crippen molar-refractivity contribution in [3.63, 3.8) is 0 Å². The first-order valence-electron chi connectivity index (χ1n) is 9.05. The molecule has 2 aromatic carbocycles. The molecule has 0 unspecified atom stereocenters. The molecular formula is C21H16ClF3N2O4S. The number of carbonyl (C=O) groups is 1. The second-order valence-electron chi connectivity index (χ2n) is 7.59. The van der Waals surface area contributed by atoms with Crippen LogP contribution >= 0.6 is 11.6 Å². The number of aromatic amines is 1. The Kier molecular flexibility index (Phi) is 5.78. The number of nitriles is 1. The first-order chi connectivity index (χ1) is 14.7. The summed E-state index contributed by atoms with van der Waals surface area (Å²) >= 11 is 5.91. The zero-order valence-electron chi connectivity index (χ0n) is 17.0. The minimum absolute atomic E-state index is 0.0486. The maximum atomic E-state index is 12.8. The van der Waals surface area contributed by atoms with Crippen molar-refractivity contribution < 1.29 is 30.6 Å². The monoisotopic (exact) mass is 484 g/mol. The summed E-state index contributed by atoms with van der Waals surface area (Å²) in [6.07, 6.45) is 0.469. The van der Waals surface area contributed by atoms with Gasteiger partial charge in [-0.1, -0.05) is 31.5 Å². The number of hydrogen-bond acceptors (Lipinski definition) is 5. The fourth-order valence-corrected chi connectivity index (χ4v) is 4.33. The molecule has 0 atom stereocenters. The summed E-state index contributed by atoms with van der Waals surface area (Å²) in [5, 5.41) is 9.47. The number of aldehydes is 1. The average molecular weight is 485 g/mol. The van der Waals surface area contributed by atoms with Crippen LogP contribution in [0, 0.1) is 18.3 Å². The van der Waals surface area contributed by atoms with Gasteiger partial charge in [-0.15, -0.1) is 0 Å². The van der Waals surface area contributed by atoms with Crippen LogP contribution in [0.2, 0.25) is 5.02 Å². The van der Waals surface area contributed by atoms with E-state index in [1.54, 1.807) is 32.0 Å². The zero-order chi connectivity index (χ0) is 24.1. The van der Waals surface area contributed by atoms with Crippen molar-refractivity contribution in [3.8, 4) is 11.8 Å². The molecule has 0 saturated heterocycles. The van der Waals surface area contributed by atoms with E-state index in [0.717, 1.165) is 23.1 Å². The van der Waals surface area contributed by atoms with E-state index in [1.807, 2.05) is 13.0 Å². The molecule has 1 N–H and O–H groups in total. The maximum absolute atomic E-state index is 12.8. The predicted octanol–water partition coefficient (Wildman–Crippen LogP) is 5.37. The summed E-state index contributed by atoms with van der Waals surface area (Å²) in [5.41, 5.74) is -3.95. The third-order valence-electron chi connectivity index (χ3n) is 5.20. The van der Waals surface area contributed by atoms with Gasteiger partial charge >= 0.3 is 15.6 Å². The van der Waals surface area contributed by atoms with Crippen molar-refractivity contribution in [1.29, 1.82) is 5.26 Å². The number of aromatic nitrogens is 1. The first-order valence-corrected chi connectivity index (χ1v) is 10.8. The number of carbonyl (C=O) groups excluding carboxylic acids is 1. The van der Waals surface area contributed by atoms with Crippen molar-refractivity contribution in [2.75, 3.05) is 0 Å². The lowest BCUT2D eigenvalue weighted by Crippen LogP contribution is -2.28. The molecule has 0 amide bonds. The van der Waals surface area contributed by atoms with E-state index in [1.165, 1.54) is 0 Å². The van der Waals surface area contributed by atoms with Gasteiger partial charge in [0, 0.05) is 27.6 Å². The summed E-state index contributed by atoms with van der Waals surface area (Å²) in [7, 11) is -5.97. The summed E-state index contributed by atoms with van der Waals surface area (Å²) in [4.78, 5) is 14.9. The van der Waals surface area contributed by atoms with Gasteiger partial charge in [-0.05, 0) is 42.3 Å². The first kappa shape index (κ1) is 23.6. The van der Waals surface area contributed by atoms with Crippen LogP contribution in [0.5, 0.6) is 5.75 Å². The molecule has 11 heteroatoms. The van der Waals surface area contributed by atoms with Crippen LogP contribution in [-0.2, 0) is 15.5 Å². The van der Waals surface area contributed by atoms with Gasteiger partial charge in [0.15, 0.2) is 5.75 Å². The minimum atomic E-state index is -5.97. The van der Waals surface area contributed by atoms with Gasteiger partial charge < -0.3 is 9.17 Å². The fraction of sp³-hybridized carbons (Fsp3) is 0.238. The van der Waals surface area contributed by atoms with Crippen LogP contribution in [0.3, 0.4) is 0 Å². The molecule has 6 nitrogen and oxygen atoms in total. The fourth-order valence-electron chi connectivity index (χ4n) is 3.60. The third-order valence-corrected chi connectivity index (χ3v) is 6.46. The zero-order valence-corrected chi connectivity index (χ0v) is 18.5. The van der Waals surface area contributed by atoms with Gasteiger partial charge in [0.2, 0.25) is 0 Å². The molecule has 0 bridgehead atoms. The standard InChI is InChI=1S/C21H16ClF3N2O4S/c1-11-14-5-4-12(9-26)6-17(14)27-19(11)20(2,3)15-8-18(16(22)7-13(15)10-28)31-32(29,30)21(23,24)25/h4-8,10,27H,1-3H3. The Bertz CT molecular complexity index is 1390. The second-order valence-corrected chi connectivity index (χ2v) is 9.54. The summed E-state index contributed by atoms with van der Waals surface area (Å²) < 4.78 is 65.6. The number of nitrogens with one attached hydrogen (secondary N) is 1. The summed E-state index contributed by atoms with van der Waals surface area (Å²) in [6, 6.07) is 9.16. The normalized spacial score (nSPS) is 12.6. The van der Waals surface area contributed by atoms with E-state index >= 15 is 0 Å². The van der Waals surface area contributed by atoms with Crippen molar-refractivity contribution in [2.45, 2.75) is 31.7 Å². The number of nitrogens with zero attached hydrogens (tertiary/aromatic N) is 1. The number of hydrogen-bond donors (Lipinski definition) is 1. The van der Waals surface area contributed by atoms with Crippen molar-refractivity contribution in [1.82, 2.24) is 4.98 Å². The van der Waals surface area contributed by atoms with Gasteiger partial charge in [0.1, 0.15) is 6.29 Å². The highest BCUT2D eigenvalue weighted by Gasteiger charge is 2.49. The van der Waals surface area contributed by atoms with Crippen molar-refractivity contribution in [2.24, 2.45) is 0 Å². The molecule has 3 aromatic rings. The Morgan fingerprint density at radius 3 is 2.41 bits per heavy atom. The van der Waals surface area contributed by atoms with Gasteiger partial charge in [-0.2, -0.15) is 26.9 Å². The van der Waals surface area contributed by atoms with Crippen LogP contribution in [0.25, 0.3) is 10.9 Å². The van der Waals surface area contributed by atoms with E-state index in [0.29, 0.717) is 23.1 Å². The Hall–Kier alpha value is -3.03. The molecular weight excluding hydrogens is 469 g/mol. The molecule has 0 fully saturated rings. The SMILES string of the molecule is Cc1c(C(C)(C)c2cc(OS(=O)(=O)C(F)(F)F)c(Cl)cc2C=O)[nH]c2cc(C#N)ccc12. The highest BCUT2D eigenvalue weighted by atomic mass is 35.5. The van der Waals surface area contributed by atoms with Gasteiger partial charge in [-0.25, -0.2) is 0 Å². The Balaban J connectivity index is 2.22. The van der Waals surface area contributed by atoms with Crippen molar-refractivity contribution in [3.05, 3.63) is 63.3 Å². The van der Waals surface area contributed by atoms with E-state index in [2.05, 4.69) is 9.17 Å². The lowest BCUT2D eigenvalue weighted by atomic mass is 9.77. The molecule has 0 saturated carbocycles. The lowest BCUT2D eigenvalue weighted by Gasteiger charge is -2.28. The largest absolute Gasteiger partial charge is 0.534 e. The molecule has 0 spiro atoms. The molecule has 168 valence electrons.